The van der Waals surface area contributed by atoms with Gasteiger partial charge in [-0.25, -0.2) is 0 Å². The molecule has 0 fully saturated rings. The summed E-state index contributed by atoms with van der Waals surface area (Å²) in [5.74, 6) is 0. The second-order valence-electron chi connectivity index (χ2n) is 17.3. The molecule has 0 amide bonds. The molecule has 12 rings (SSSR count). The maximum Gasteiger partial charge on any atom is 0.0626 e. The number of benzene rings is 10. The Balaban J connectivity index is 1.03. The Morgan fingerprint density at radius 1 is 0.475 bits per heavy atom. The average Bonchev–Trinajstić information content (AvgIpc) is 3.79. The monoisotopic (exact) mass is 777 g/mol. The third kappa shape index (κ3) is 5.61. The zero-order valence-corrected chi connectivity index (χ0v) is 34.4. The van der Waals surface area contributed by atoms with Crippen molar-refractivity contribution in [2.75, 3.05) is 0 Å². The second-order valence-corrected chi connectivity index (χ2v) is 17.3. The summed E-state index contributed by atoms with van der Waals surface area (Å²) in [4.78, 5) is 0. The minimum Gasteiger partial charge on any atom is -0.309 e. The Kier molecular flexibility index (Phi) is 8.02. The molecule has 0 atom stereocenters. The number of rotatable bonds is 6. The molecule has 0 saturated carbocycles. The van der Waals surface area contributed by atoms with Crippen molar-refractivity contribution in [2.45, 2.75) is 25.7 Å². The van der Waals surface area contributed by atoms with Gasteiger partial charge in [0.15, 0.2) is 0 Å². The molecule has 1 aliphatic rings. The van der Waals surface area contributed by atoms with E-state index in [1.54, 1.807) is 0 Å². The summed E-state index contributed by atoms with van der Waals surface area (Å²) in [6.45, 7) is 4.74. The fraction of sp³-hybridized carbons (Fsp3) is 0.0667. The molecule has 288 valence electrons. The fourth-order valence-electron chi connectivity index (χ4n) is 10.5. The van der Waals surface area contributed by atoms with Crippen LogP contribution in [0.15, 0.2) is 206 Å². The van der Waals surface area contributed by atoms with Crippen molar-refractivity contribution in [3.05, 3.63) is 234 Å². The molecule has 1 heteroatoms. The highest BCUT2D eigenvalue weighted by molar-refractivity contribution is 6.35. The highest BCUT2D eigenvalue weighted by Gasteiger charge is 2.35. The van der Waals surface area contributed by atoms with Crippen LogP contribution in [0.3, 0.4) is 0 Å². The van der Waals surface area contributed by atoms with Gasteiger partial charge in [-0.1, -0.05) is 208 Å². The van der Waals surface area contributed by atoms with Crippen molar-refractivity contribution in [2.24, 2.45) is 0 Å². The first-order chi connectivity index (χ1) is 30.0. The molecule has 61 heavy (non-hydrogen) atoms. The molecule has 0 spiro atoms. The third-order valence-electron chi connectivity index (χ3n) is 13.4. The van der Waals surface area contributed by atoms with E-state index in [0.717, 1.165) is 12.1 Å². The van der Waals surface area contributed by atoms with Crippen LogP contribution in [-0.2, 0) is 11.8 Å². The third-order valence-corrected chi connectivity index (χ3v) is 13.4. The standard InChI is InChI=1S/C60H43N/c1-60(2)54-23-13-12-20-50(54)51-34-26-40(38-55(51)60)37-45(36-39-24-27-42(28-25-39)41-14-4-3-5-15-41)43-29-32-46(33-30-43)61-56-35-31-44-16-6-7-17-47(44)57(56)58-52-21-10-8-18-48(52)49-19-9-11-22-53(49)59(58)61/h3-36,38H,37H2,1-2H3. The van der Waals surface area contributed by atoms with E-state index in [2.05, 4.69) is 231 Å². The van der Waals surface area contributed by atoms with Crippen LogP contribution in [0, 0.1) is 0 Å². The van der Waals surface area contributed by atoms with Crippen molar-refractivity contribution in [3.8, 4) is 27.9 Å². The number of hydrogen-bond donors (Lipinski definition) is 0. The van der Waals surface area contributed by atoms with Crippen LogP contribution in [0.4, 0.5) is 0 Å². The lowest BCUT2D eigenvalue weighted by Gasteiger charge is -2.22. The van der Waals surface area contributed by atoms with Gasteiger partial charge < -0.3 is 4.57 Å². The first-order valence-electron chi connectivity index (χ1n) is 21.5. The number of hydrogen-bond acceptors (Lipinski definition) is 0. The Labute approximate surface area is 356 Å². The van der Waals surface area contributed by atoms with E-state index >= 15 is 0 Å². The number of allylic oxidation sites excluding steroid dienone is 1. The minimum absolute atomic E-state index is 0.0517. The van der Waals surface area contributed by atoms with E-state index in [1.165, 1.54) is 110 Å². The topological polar surface area (TPSA) is 4.93 Å². The summed E-state index contributed by atoms with van der Waals surface area (Å²) in [5, 5.41) is 10.3. The molecule has 0 radical (unpaired) electrons. The van der Waals surface area contributed by atoms with Crippen molar-refractivity contribution in [3.63, 3.8) is 0 Å². The van der Waals surface area contributed by atoms with Crippen LogP contribution >= 0.6 is 0 Å². The lowest BCUT2D eigenvalue weighted by Crippen LogP contribution is -2.15. The van der Waals surface area contributed by atoms with Crippen LogP contribution in [-0.4, -0.2) is 4.57 Å². The summed E-state index contributed by atoms with van der Waals surface area (Å²) in [7, 11) is 0. The fourth-order valence-corrected chi connectivity index (χ4v) is 10.5. The molecular formula is C60H43N. The molecule has 1 aliphatic carbocycles. The van der Waals surface area contributed by atoms with Gasteiger partial charge in [-0.15, -0.1) is 0 Å². The van der Waals surface area contributed by atoms with Gasteiger partial charge in [0.05, 0.1) is 11.0 Å². The number of aromatic nitrogens is 1. The Hall–Kier alpha value is -7.48. The molecule has 0 saturated heterocycles. The summed E-state index contributed by atoms with van der Waals surface area (Å²) in [5.41, 5.74) is 16.6. The molecule has 10 aromatic carbocycles. The van der Waals surface area contributed by atoms with Gasteiger partial charge in [0, 0.05) is 27.3 Å². The Bertz CT molecular complexity index is 3550. The van der Waals surface area contributed by atoms with Gasteiger partial charge in [0.2, 0.25) is 0 Å². The van der Waals surface area contributed by atoms with Gasteiger partial charge >= 0.3 is 0 Å². The molecule has 1 aromatic heterocycles. The number of fused-ring (bicyclic) bond motifs is 13. The van der Waals surface area contributed by atoms with Gasteiger partial charge in [-0.3, -0.25) is 0 Å². The SMILES string of the molecule is CC1(C)c2ccccc2-c2ccc(CC(=Cc3ccc(-c4ccccc4)cc3)c3ccc(-n4c5ccc6ccccc6c5c5c6ccccc6c6ccccc6c54)cc3)cc21. The van der Waals surface area contributed by atoms with Gasteiger partial charge in [0.25, 0.3) is 0 Å². The van der Waals surface area contributed by atoms with E-state index in [0.29, 0.717) is 0 Å². The predicted octanol–water partition coefficient (Wildman–Crippen LogP) is 16.0. The maximum absolute atomic E-state index is 2.52. The Morgan fingerprint density at radius 3 is 1.89 bits per heavy atom. The maximum atomic E-state index is 2.52. The lowest BCUT2D eigenvalue weighted by atomic mass is 9.81. The zero-order chi connectivity index (χ0) is 40.7. The smallest absolute Gasteiger partial charge is 0.0626 e. The summed E-state index contributed by atoms with van der Waals surface area (Å²) < 4.78 is 2.52. The highest BCUT2D eigenvalue weighted by Crippen LogP contribution is 2.49. The molecule has 0 bridgehead atoms. The first-order valence-corrected chi connectivity index (χ1v) is 21.5. The molecular weight excluding hydrogens is 735 g/mol. The summed E-state index contributed by atoms with van der Waals surface area (Å²) >= 11 is 0. The van der Waals surface area contributed by atoms with Crippen molar-refractivity contribution >= 4 is 65.8 Å². The van der Waals surface area contributed by atoms with Gasteiger partial charge in [-0.2, -0.15) is 0 Å². The quantitative estimate of drug-likeness (QED) is 0.117. The summed E-state index contributed by atoms with van der Waals surface area (Å²) in [6.07, 6.45) is 3.21. The number of nitrogens with zero attached hydrogens (tertiary/aromatic N) is 1. The van der Waals surface area contributed by atoms with Crippen molar-refractivity contribution in [1.82, 2.24) is 4.57 Å². The van der Waals surface area contributed by atoms with E-state index in [1.807, 2.05) is 0 Å². The normalized spacial score (nSPS) is 13.4. The second kappa shape index (κ2) is 13.8. The van der Waals surface area contributed by atoms with E-state index in [4.69, 9.17) is 0 Å². The average molecular weight is 778 g/mol. The lowest BCUT2D eigenvalue weighted by molar-refractivity contribution is 0.659. The minimum atomic E-state index is -0.0517. The van der Waals surface area contributed by atoms with Crippen LogP contribution in [0.2, 0.25) is 0 Å². The van der Waals surface area contributed by atoms with Gasteiger partial charge in [0.1, 0.15) is 0 Å². The van der Waals surface area contributed by atoms with Gasteiger partial charge in [-0.05, 0) is 107 Å². The van der Waals surface area contributed by atoms with Crippen LogP contribution in [0.5, 0.6) is 0 Å². The highest BCUT2D eigenvalue weighted by atomic mass is 15.0. The first kappa shape index (κ1) is 35.5. The zero-order valence-electron chi connectivity index (χ0n) is 34.4. The van der Waals surface area contributed by atoms with Crippen molar-refractivity contribution in [1.29, 1.82) is 0 Å². The molecule has 1 heterocycles. The van der Waals surface area contributed by atoms with E-state index in [9.17, 15) is 0 Å². The van der Waals surface area contributed by atoms with E-state index < -0.39 is 0 Å². The molecule has 0 unspecified atom stereocenters. The van der Waals surface area contributed by atoms with Crippen molar-refractivity contribution < 1.29 is 0 Å². The Morgan fingerprint density at radius 2 is 1.10 bits per heavy atom. The summed E-state index contributed by atoms with van der Waals surface area (Å²) in [6, 6.07) is 76.4. The molecule has 1 nitrogen and oxygen atoms in total. The largest absolute Gasteiger partial charge is 0.309 e. The van der Waals surface area contributed by atoms with Crippen LogP contribution in [0.25, 0.3) is 93.7 Å². The molecule has 11 aromatic rings. The van der Waals surface area contributed by atoms with E-state index in [-0.39, 0.29) is 5.41 Å². The van der Waals surface area contributed by atoms with Crippen LogP contribution < -0.4 is 0 Å². The predicted molar refractivity (Wildman–Crippen MR) is 261 cm³/mol. The van der Waals surface area contributed by atoms with Crippen LogP contribution in [0.1, 0.15) is 41.7 Å². The molecule has 0 aliphatic heterocycles. The molecule has 0 N–H and O–H groups in total.